The molecule has 0 bridgehead atoms. The third-order valence-corrected chi connectivity index (χ3v) is 3.52. The Labute approximate surface area is 137 Å². The number of ether oxygens (including phenoxy) is 2. The zero-order chi connectivity index (χ0) is 17.1. The number of fused-ring (bicyclic) bond motifs is 1. The van der Waals surface area contributed by atoms with Crippen LogP contribution in [0.2, 0.25) is 0 Å². The highest BCUT2D eigenvalue weighted by atomic mass is 19.1. The first kappa shape index (κ1) is 15.9. The molecule has 0 atom stereocenters. The van der Waals surface area contributed by atoms with Crippen LogP contribution in [0.5, 0.6) is 11.5 Å². The van der Waals surface area contributed by atoms with E-state index in [4.69, 9.17) is 9.47 Å². The van der Waals surface area contributed by atoms with Crippen molar-refractivity contribution in [3.05, 3.63) is 53.7 Å². The summed E-state index contributed by atoms with van der Waals surface area (Å²) in [6, 6.07) is 8.45. The summed E-state index contributed by atoms with van der Waals surface area (Å²) in [6.07, 6.45) is 1.54. The maximum Gasteiger partial charge on any atom is 0.200 e. The third kappa shape index (κ3) is 2.92. The van der Waals surface area contributed by atoms with Crippen molar-refractivity contribution >= 4 is 16.9 Å². The first-order valence-corrected chi connectivity index (χ1v) is 7.18. The molecule has 124 valence electrons. The van der Waals surface area contributed by atoms with Crippen LogP contribution in [-0.4, -0.2) is 24.2 Å². The number of hydrogen-bond donors (Lipinski definition) is 1. The first-order valence-electron chi connectivity index (χ1n) is 7.18. The summed E-state index contributed by atoms with van der Waals surface area (Å²) < 4.78 is 38.1. The Bertz CT molecular complexity index is 887. The zero-order valence-corrected chi connectivity index (χ0v) is 13.1. The van der Waals surface area contributed by atoms with Crippen LogP contribution in [0, 0.1) is 11.6 Å². The van der Waals surface area contributed by atoms with Gasteiger partial charge in [-0.1, -0.05) is 12.1 Å². The number of halogens is 2. The van der Waals surface area contributed by atoms with Gasteiger partial charge in [-0.15, -0.1) is 0 Å². The summed E-state index contributed by atoms with van der Waals surface area (Å²) in [6.45, 7) is 0.0239. The second kappa shape index (κ2) is 6.66. The van der Waals surface area contributed by atoms with E-state index in [2.05, 4.69) is 15.3 Å². The van der Waals surface area contributed by atoms with E-state index < -0.39 is 11.6 Å². The molecular weight excluding hydrogens is 316 g/mol. The molecule has 1 N–H and O–H groups in total. The Kier molecular flexibility index (Phi) is 4.41. The van der Waals surface area contributed by atoms with E-state index in [1.54, 1.807) is 0 Å². The maximum atomic E-state index is 14.4. The van der Waals surface area contributed by atoms with Gasteiger partial charge in [0.25, 0.3) is 0 Å². The minimum atomic E-state index is -0.697. The van der Waals surface area contributed by atoms with Gasteiger partial charge in [0.1, 0.15) is 5.82 Å². The Morgan fingerprint density at radius 3 is 2.46 bits per heavy atom. The highest BCUT2D eigenvalue weighted by Gasteiger charge is 2.20. The van der Waals surface area contributed by atoms with Gasteiger partial charge in [0.2, 0.25) is 0 Å². The Morgan fingerprint density at radius 2 is 1.75 bits per heavy atom. The highest BCUT2D eigenvalue weighted by molar-refractivity contribution is 5.75. The molecule has 7 heteroatoms. The van der Waals surface area contributed by atoms with Gasteiger partial charge < -0.3 is 14.8 Å². The summed E-state index contributed by atoms with van der Waals surface area (Å²) in [5, 5.41) is 2.93. The quantitative estimate of drug-likeness (QED) is 0.775. The van der Waals surface area contributed by atoms with Crippen LogP contribution in [0.25, 0.3) is 11.0 Å². The second-order valence-electron chi connectivity index (χ2n) is 5.00. The van der Waals surface area contributed by atoms with Crippen molar-refractivity contribution in [2.75, 3.05) is 19.5 Å². The van der Waals surface area contributed by atoms with Crippen LogP contribution in [0.3, 0.4) is 0 Å². The number of anilines is 1. The molecule has 3 aromatic rings. The molecular formula is C17H15F2N3O2. The van der Waals surface area contributed by atoms with Gasteiger partial charge in [-0.05, 0) is 18.2 Å². The molecule has 2 aromatic carbocycles. The van der Waals surface area contributed by atoms with Crippen LogP contribution in [-0.2, 0) is 6.54 Å². The number of nitrogens with zero attached hydrogens (tertiary/aromatic N) is 2. The fourth-order valence-corrected chi connectivity index (χ4v) is 2.37. The van der Waals surface area contributed by atoms with Crippen molar-refractivity contribution in [1.29, 1.82) is 0 Å². The van der Waals surface area contributed by atoms with E-state index >= 15 is 0 Å². The van der Waals surface area contributed by atoms with Crippen LogP contribution >= 0.6 is 0 Å². The van der Waals surface area contributed by atoms with E-state index in [9.17, 15) is 8.78 Å². The molecule has 0 aliphatic rings. The minimum Gasteiger partial charge on any atom is -0.490 e. The first-order chi connectivity index (χ1) is 11.6. The fourth-order valence-electron chi connectivity index (χ4n) is 2.37. The van der Waals surface area contributed by atoms with Crippen molar-refractivity contribution in [3.8, 4) is 11.5 Å². The highest BCUT2D eigenvalue weighted by Crippen LogP contribution is 2.35. The van der Waals surface area contributed by atoms with Gasteiger partial charge >= 0.3 is 0 Å². The topological polar surface area (TPSA) is 56.3 Å². The number of rotatable bonds is 5. The average Bonchev–Trinajstić information content (AvgIpc) is 2.61. The Balaban J connectivity index is 1.86. The van der Waals surface area contributed by atoms with Crippen molar-refractivity contribution in [1.82, 2.24) is 9.97 Å². The van der Waals surface area contributed by atoms with Crippen molar-refractivity contribution in [2.24, 2.45) is 0 Å². The Morgan fingerprint density at radius 1 is 1.04 bits per heavy atom. The van der Waals surface area contributed by atoms with E-state index in [1.165, 1.54) is 20.4 Å². The third-order valence-electron chi connectivity index (χ3n) is 3.52. The maximum absolute atomic E-state index is 14.4. The van der Waals surface area contributed by atoms with Crippen molar-refractivity contribution < 1.29 is 18.3 Å². The zero-order valence-electron chi connectivity index (χ0n) is 13.1. The smallest absolute Gasteiger partial charge is 0.200 e. The van der Waals surface area contributed by atoms with Gasteiger partial charge in [-0.2, -0.15) is 0 Å². The molecule has 0 saturated carbocycles. The molecule has 5 nitrogen and oxygen atoms in total. The van der Waals surface area contributed by atoms with E-state index in [0.717, 1.165) is 11.6 Å². The number of nitrogens with one attached hydrogen (secondary N) is 1. The lowest BCUT2D eigenvalue weighted by molar-refractivity contribution is 0.320. The molecule has 24 heavy (non-hydrogen) atoms. The lowest BCUT2D eigenvalue weighted by Gasteiger charge is -2.13. The monoisotopic (exact) mass is 331 g/mol. The number of para-hydroxylation sites is 2. The van der Waals surface area contributed by atoms with E-state index in [-0.39, 0.29) is 23.6 Å². The molecule has 0 aliphatic heterocycles. The second-order valence-corrected chi connectivity index (χ2v) is 5.00. The normalized spacial score (nSPS) is 10.7. The number of aromatic nitrogens is 2. The molecule has 0 spiro atoms. The average molecular weight is 331 g/mol. The number of benzene rings is 2. The van der Waals surface area contributed by atoms with Crippen LogP contribution < -0.4 is 14.8 Å². The van der Waals surface area contributed by atoms with Gasteiger partial charge in [0, 0.05) is 12.1 Å². The Hall–Kier alpha value is -2.96. The lowest BCUT2D eigenvalue weighted by Crippen LogP contribution is -2.07. The van der Waals surface area contributed by atoms with Gasteiger partial charge in [0.15, 0.2) is 23.1 Å². The predicted octanol–water partition coefficient (Wildman–Crippen LogP) is 3.54. The van der Waals surface area contributed by atoms with Gasteiger partial charge in [-0.25, -0.2) is 13.8 Å². The lowest BCUT2D eigenvalue weighted by atomic mass is 10.1. The summed E-state index contributed by atoms with van der Waals surface area (Å²) in [7, 11) is 2.51. The van der Waals surface area contributed by atoms with Gasteiger partial charge in [-0.3, -0.25) is 4.98 Å². The largest absolute Gasteiger partial charge is 0.490 e. The van der Waals surface area contributed by atoms with Crippen LogP contribution in [0.15, 0.2) is 36.5 Å². The molecule has 0 radical (unpaired) electrons. The molecule has 1 heterocycles. The molecule has 0 unspecified atom stereocenters. The fraction of sp³-hybridized carbons (Fsp3) is 0.176. The van der Waals surface area contributed by atoms with Gasteiger partial charge in [0.05, 0.1) is 31.4 Å². The minimum absolute atomic E-state index is 0.0239. The molecule has 0 aliphatic carbocycles. The standard InChI is InChI=1S/C17H15F2N3O2/c1-23-16-11(18)7-10(15(19)17(16)24-2)8-21-14-9-20-12-5-3-4-6-13(12)22-14/h3-7,9H,8H2,1-2H3,(H,21,22). The molecule has 0 fully saturated rings. The summed E-state index contributed by atoms with van der Waals surface area (Å²) in [4.78, 5) is 8.63. The van der Waals surface area contributed by atoms with Crippen LogP contribution in [0.4, 0.5) is 14.6 Å². The number of hydrogen-bond acceptors (Lipinski definition) is 5. The summed E-state index contributed by atoms with van der Waals surface area (Å²) in [5.41, 5.74) is 1.56. The SMILES string of the molecule is COc1c(F)cc(CNc2cnc3ccccc3n2)c(F)c1OC. The molecule has 3 rings (SSSR count). The molecule has 0 amide bonds. The predicted molar refractivity (Wildman–Crippen MR) is 86.3 cm³/mol. The molecule has 1 aromatic heterocycles. The van der Waals surface area contributed by atoms with Crippen molar-refractivity contribution in [3.63, 3.8) is 0 Å². The molecule has 0 saturated heterocycles. The number of methoxy groups -OCH3 is 2. The van der Waals surface area contributed by atoms with Crippen molar-refractivity contribution in [2.45, 2.75) is 6.54 Å². The summed E-state index contributed by atoms with van der Waals surface area (Å²) >= 11 is 0. The summed E-state index contributed by atoms with van der Waals surface area (Å²) in [5.74, 6) is -1.44. The van der Waals surface area contributed by atoms with E-state index in [1.807, 2.05) is 24.3 Å². The van der Waals surface area contributed by atoms with E-state index in [0.29, 0.717) is 11.3 Å². The van der Waals surface area contributed by atoms with Crippen LogP contribution in [0.1, 0.15) is 5.56 Å².